The summed E-state index contributed by atoms with van der Waals surface area (Å²) in [6, 6.07) is 24.1. The lowest BCUT2D eigenvalue weighted by atomic mass is 10.1. The molecule has 0 aliphatic rings. The molecule has 148 valence electrons. The molecular weight excluding hydrogens is 362 g/mol. The quantitative estimate of drug-likeness (QED) is 0.477. The van der Waals surface area contributed by atoms with Crippen molar-refractivity contribution < 1.29 is 5.11 Å². The molecule has 0 radical (unpaired) electrons. The third kappa shape index (κ3) is 4.35. The normalized spacial score (nSPS) is 12.6. The van der Waals surface area contributed by atoms with Crippen LogP contribution in [0.25, 0.3) is 28.2 Å². The number of aliphatic hydroxyl groups is 1. The van der Waals surface area contributed by atoms with E-state index in [1.165, 1.54) is 0 Å². The number of benzene rings is 2. The molecule has 1 unspecified atom stereocenters. The smallest absolute Gasteiger partial charge is 0.156 e. The van der Waals surface area contributed by atoms with E-state index in [-0.39, 0.29) is 0 Å². The lowest BCUT2D eigenvalue weighted by Gasteiger charge is -2.13. The average molecular weight is 387 g/mol. The van der Waals surface area contributed by atoms with E-state index in [1.54, 1.807) is 4.52 Å². The predicted octanol–water partition coefficient (Wildman–Crippen LogP) is 3.21. The minimum absolute atomic E-state index is 0.554. The number of rotatable bonds is 7. The molecule has 6 heteroatoms. The first-order valence-electron chi connectivity index (χ1n) is 9.69. The van der Waals surface area contributed by atoms with Gasteiger partial charge < -0.3 is 10.0 Å². The van der Waals surface area contributed by atoms with E-state index in [2.05, 4.69) is 27.4 Å². The van der Waals surface area contributed by atoms with Gasteiger partial charge in [-0.25, -0.2) is 9.50 Å². The summed E-state index contributed by atoms with van der Waals surface area (Å²) in [4.78, 5) is 6.86. The fraction of sp³-hybridized carbons (Fsp3) is 0.217. The maximum atomic E-state index is 10.5. The highest BCUT2D eigenvalue weighted by Gasteiger charge is 2.16. The summed E-state index contributed by atoms with van der Waals surface area (Å²) in [5, 5.41) is 18.3. The van der Waals surface area contributed by atoms with Gasteiger partial charge >= 0.3 is 0 Å². The summed E-state index contributed by atoms with van der Waals surface area (Å²) in [5.41, 5.74) is 5.15. The maximum Gasteiger partial charge on any atom is 0.156 e. The standard InChI is InChI=1S/C23H25N5O/c1-27(2)14-13-24-23(29)20-16-22-25-19(17-9-5-3-6-10-17)15-21(28(22)26-20)18-11-7-4-8-12-18/h3-12,15-16,23-24,29H,13-14H2,1-2H3. The first-order valence-corrected chi connectivity index (χ1v) is 9.69. The van der Waals surface area contributed by atoms with Gasteiger partial charge in [-0.2, -0.15) is 5.10 Å². The Labute approximate surface area is 170 Å². The lowest BCUT2D eigenvalue weighted by molar-refractivity contribution is 0.131. The Kier molecular flexibility index (Phi) is 5.67. The Morgan fingerprint density at radius 1 is 0.966 bits per heavy atom. The second-order valence-electron chi connectivity index (χ2n) is 7.26. The SMILES string of the molecule is CN(C)CCNC(O)c1cc2nc(-c3ccccc3)cc(-c3ccccc3)n2n1. The van der Waals surface area contributed by atoms with E-state index in [0.29, 0.717) is 17.9 Å². The van der Waals surface area contributed by atoms with Crippen molar-refractivity contribution in [1.82, 2.24) is 24.8 Å². The number of likely N-dealkylation sites (N-methyl/N-ethyl adjacent to an activating group) is 1. The molecule has 29 heavy (non-hydrogen) atoms. The number of hydrogen-bond donors (Lipinski definition) is 2. The highest BCUT2D eigenvalue weighted by atomic mass is 16.3. The van der Waals surface area contributed by atoms with Gasteiger partial charge in [-0.05, 0) is 20.2 Å². The highest BCUT2D eigenvalue weighted by molar-refractivity contribution is 5.71. The zero-order chi connectivity index (χ0) is 20.2. The summed E-state index contributed by atoms with van der Waals surface area (Å²) in [7, 11) is 4.00. The highest BCUT2D eigenvalue weighted by Crippen LogP contribution is 2.27. The monoisotopic (exact) mass is 387 g/mol. The molecule has 2 heterocycles. The first-order chi connectivity index (χ1) is 14.1. The second kappa shape index (κ2) is 8.53. The Morgan fingerprint density at radius 3 is 2.28 bits per heavy atom. The average Bonchev–Trinajstić information content (AvgIpc) is 3.18. The maximum absolute atomic E-state index is 10.5. The van der Waals surface area contributed by atoms with Crippen LogP contribution in [0, 0.1) is 0 Å². The molecule has 2 aromatic heterocycles. The van der Waals surface area contributed by atoms with Crippen LogP contribution in [0.3, 0.4) is 0 Å². The van der Waals surface area contributed by atoms with Crippen LogP contribution in [0.5, 0.6) is 0 Å². The number of aromatic nitrogens is 3. The molecule has 0 spiro atoms. The van der Waals surface area contributed by atoms with Crippen molar-refractivity contribution in [1.29, 1.82) is 0 Å². The van der Waals surface area contributed by atoms with Gasteiger partial charge in [0, 0.05) is 30.3 Å². The summed E-state index contributed by atoms with van der Waals surface area (Å²) in [5.74, 6) is 0. The van der Waals surface area contributed by atoms with Crippen LogP contribution in [-0.2, 0) is 0 Å². The van der Waals surface area contributed by atoms with Gasteiger partial charge in [0.15, 0.2) is 5.65 Å². The molecule has 0 amide bonds. The van der Waals surface area contributed by atoms with Crippen molar-refractivity contribution in [2.45, 2.75) is 6.23 Å². The summed E-state index contributed by atoms with van der Waals surface area (Å²) < 4.78 is 1.80. The van der Waals surface area contributed by atoms with Crippen LogP contribution in [0.1, 0.15) is 11.9 Å². The van der Waals surface area contributed by atoms with Crippen LogP contribution in [0.15, 0.2) is 72.8 Å². The molecule has 2 N–H and O–H groups in total. The van der Waals surface area contributed by atoms with Crippen LogP contribution in [0.2, 0.25) is 0 Å². The van der Waals surface area contributed by atoms with E-state index in [9.17, 15) is 5.11 Å². The van der Waals surface area contributed by atoms with Crippen LogP contribution < -0.4 is 5.32 Å². The molecular formula is C23H25N5O. The Bertz CT molecular complexity index is 1080. The first kappa shape index (κ1) is 19.3. The van der Waals surface area contributed by atoms with Gasteiger partial charge in [-0.3, -0.25) is 5.32 Å². The topological polar surface area (TPSA) is 65.7 Å². The molecule has 0 bridgehead atoms. The van der Waals surface area contributed by atoms with Crippen molar-refractivity contribution in [3.8, 4) is 22.5 Å². The van der Waals surface area contributed by atoms with Crippen LogP contribution >= 0.6 is 0 Å². The van der Waals surface area contributed by atoms with Gasteiger partial charge in [0.05, 0.1) is 11.4 Å². The van der Waals surface area contributed by atoms with Gasteiger partial charge in [-0.1, -0.05) is 60.7 Å². The fourth-order valence-electron chi connectivity index (χ4n) is 3.23. The van der Waals surface area contributed by atoms with Crippen molar-refractivity contribution in [2.75, 3.05) is 27.2 Å². The molecule has 0 aliphatic carbocycles. The fourth-order valence-corrected chi connectivity index (χ4v) is 3.23. The zero-order valence-electron chi connectivity index (χ0n) is 16.7. The van der Waals surface area contributed by atoms with Crippen LogP contribution in [-0.4, -0.2) is 51.8 Å². The lowest BCUT2D eigenvalue weighted by Crippen LogP contribution is -2.29. The third-order valence-corrected chi connectivity index (χ3v) is 4.76. The molecule has 4 rings (SSSR count). The summed E-state index contributed by atoms with van der Waals surface area (Å²) in [6.07, 6.45) is -0.847. The number of nitrogens with one attached hydrogen (secondary N) is 1. The Morgan fingerprint density at radius 2 is 1.62 bits per heavy atom. The van der Waals surface area contributed by atoms with E-state index >= 15 is 0 Å². The van der Waals surface area contributed by atoms with Crippen molar-refractivity contribution >= 4 is 5.65 Å². The van der Waals surface area contributed by atoms with Crippen molar-refractivity contribution in [3.05, 3.63) is 78.5 Å². The Balaban J connectivity index is 1.77. The molecule has 0 saturated heterocycles. The van der Waals surface area contributed by atoms with E-state index in [4.69, 9.17) is 4.98 Å². The van der Waals surface area contributed by atoms with E-state index in [0.717, 1.165) is 29.1 Å². The van der Waals surface area contributed by atoms with Gasteiger partial charge in [0.1, 0.15) is 11.9 Å². The molecule has 0 fully saturated rings. The largest absolute Gasteiger partial charge is 0.373 e. The zero-order valence-corrected chi connectivity index (χ0v) is 16.7. The molecule has 6 nitrogen and oxygen atoms in total. The molecule has 0 saturated carbocycles. The molecule has 4 aromatic rings. The third-order valence-electron chi connectivity index (χ3n) is 4.76. The predicted molar refractivity (Wildman–Crippen MR) is 115 cm³/mol. The van der Waals surface area contributed by atoms with Gasteiger partial charge in [-0.15, -0.1) is 0 Å². The summed E-state index contributed by atoms with van der Waals surface area (Å²) in [6.45, 7) is 1.49. The van der Waals surface area contributed by atoms with Crippen molar-refractivity contribution in [2.24, 2.45) is 0 Å². The van der Waals surface area contributed by atoms with E-state index in [1.807, 2.05) is 74.8 Å². The summed E-state index contributed by atoms with van der Waals surface area (Å²) >= 11 is 0. The number of aliphatic hydroxyl groups excluding tert-OH is 1. The Hall–Kier alpha value is -3.06. The number of hydrogen-bond acceptors (Lipinski definition) is 5. The minimum atomic E-state index is -0.847. The number of fused-ring (bicyclic) bond motifs is 1. The van der Waals surface area contributed by atoms with Crippen molar-refractivity contribution in [3.63, 3.8) is 0 Å². The molecule has 1 atom stereocenters. The van der Waals surface area contributed by atoms with Gasteiger partial charge in [0.25, 0.3) is 0 Å². The second-order valence-corrected chi connectivity index (χ2v) is 7.26. The van der Waals surface area contributed by atoms with E-state index < -0.39 is 6.23 Å². The van der Waals surface area contributed by atoms with Gasteiger partial charge in [0.2, 0.25) is 0 Å². The minimum Gasteiger partial charge on any atom is -0.373 e. The van der Waals surface area contributed by atoms with Crippen LogP contribution in [0.4, 0.5) is 0 Å². The molecule has 2 aromatic carbocycles. The number of nitrogens with zero attached hydrogens (tertiary/aromatic N) is 4. The molecule has 0 aliphatic heterocycles.